The highest BCUT2D eigenvalue weighted by atomic mass is 79.9. The van der Waals surface area contributed by atoms with E-state index in [2.05, 4.69) is 21.2 Å². The molecule has 1 amide bonds. The SMILES string of the molecule is Nc1cccc(CNC(=O)c2ccoc2Br)c1. The number of rotatable bonds is 3. The molecular weight excluding hydrogens is 284 g/mol. The second-order valence-electron chi connectivity index (χ2n) is 3.54. The van der Waals surface area contributed by atoms with E-state index in [0.717, 1.165) is 5.56 Å². The number of amides is 1. The van der Waals surface area contributed by atoms with Crippen molar-refractivity contribution in [3.63, 3.8) is 0 Å². The van der Waals surface area contributed by atoms with E-state index >= 15 is 0 Å². The number of anilines is 1. The Labute approximate surface area is 107 Å². The fraction of sp³-hybridized carbons (Fsp3) is 0.0833. The normalized spacial score (nSPS) is 10.2. The first-order valence-corrected chi connectivity index (χ1v) is 5.82. The topological polar surface area (TPSA) is 68.3 Å². The fourth-order valence-corrected chi connectivity index (χ4v) is 1.86. The summed E-state index contributed by atoms with van der Waals surface area (Å²) < 4.78 is 5.43. The maximum Gasteiger partial charge on any atom is 0.256 e. The quantitative estimate of drug-likeness (QED) is 0.855. The van der Waals surface area contributed by atoms with Crippen molar-refractivity contribution in [2.75, 3.05) is 5.73 Å². The van der Waals surface area contributed by atoms with Gasteiger partial charge in [-0.05, 0) is 39.7 Å². The summed E-state index contributed by atoms with van der Waals surface area (Å²) in [6.07, 6.45) is 1.46. The lowest BCUT2D eigenvalue weighted by atomic mass is 10.2. The van der Waals surface area contributed by atoms with Gasteiger partial charge in [0.1, 0.15) is 0 Å². The van der Waals surface area contributed by atoms with Crippen LogP contribution >= 0.6 is 15.9 Å². The summed E-state index contributed by atoms with van der Waals surface area (Å²) in [7, 11) is 0. The van der Waals surface area contributed by atoms with E-state index in [1.165, 1.54) is 6.26 Å². The lowest BCUT2D eigenvalue weighted by Gasteiger charge is -2.04. The predicted molar refractivity (Wildman–Crippen MR) is 68.4 cm³/mol. The smallest absolute Gasteiger partial charge is 0.256 e. The van der Waals surface area contributed by atoms with Crippen LogP contribution in [0.2, 0.25) is 0 Å². The van der Waals surface area contributed by atoms with Gasteiger partial charge in [0.25, 0.3) is 5.91 Å². The van der Waals surface area contributed by atoms with E-state index < -0.39 is 0 Å². The van der Waals surface area contributed by atoms with E-state index in [1.807, 2.05) is 18.2 Å². The summed E-state index contributed by atoms with van der Waals surface area (Å²) in [4.78, 5) is 11.8. The molecule has 1 aromatic heterocycles. The van der Waals surface area contributed by atoms with Gasteiger partial charge in [0.2, 0.25) is 0 Å². The maximum atomic E-state index is 11.8. The van der Waals surface area contributed by atoms with Gasteiger partial charge in [-0.15, -0.1) is 0 Å². The van der Waals surface area contributed by atoms with Gasteiger partial charge < -0.3 is 15.5 Å². The largest absolute Gasteiger partial charge is 0.457 e. The lowest BCUT2D eigenvalue weighted by Crippen LogP contribution is -2.22. The Kier molecular flexibility index (Phi) is 3.49. The molecule has 0 bridgehead atoms. The van der Waals surface area contributed by atoms with Crippen molar-refractivity contribution in [2.24, 2.45) is 0 Å². The second-order valence-corrected chi connectivity index (χ2v) is 4.26. The van der Waals surface area contributed by atoms with Crippen LogP contribution in [0.4, 0.5) is 5.69 Å². The molecule has 2 aromatic rings. The van der Waals surface area contributed by atoms with E-state index in [-0.39, 0.29) is 5.91 Å². The van der Waals surface area contributed by atoms with Crippen LogP contribution in [0.15, 0.2) is 45.7 Å². The van der Waals surface area contributed by atoms with Gasteiger partial charge in [-0.3, -0.25) is 4.79 Å². The predicted octanol–water partition coefficient (Wildman–Crippen LogP) is 2.55. The highest BCUT2D eigenvalue weighted by Gasteiger charge is 2.11. The van der Waals surface area contributed by atoms with Gasteiger partial charge in [0, 0.05) is 12.2 Å². The summed E-state index contributed by atoms with van der Waals surface area (Å²) in [5.74, 6) is -0.187. The Bertz CT molecular complexity index is 537. The third kappa shape index (κ3) is 2.88. The molecule has 17 heavy (non-hydrogen) atoms. The number of carbonyl (C=O) groups is 1. The van der Waals surface area contributed by atoms with E-state index in [1.54, 1.807) is 12.1 Å². The van der Waals surface area contributed by atoms with Crippen molar-refractivity contribution >= 4 is 27.5 Å². The average molecular weight is 295 g/mol. The van der Waals surface area contributed by atoms with Crippen LogP contribution in [0.1, 0.15) is 15.9 Å². The monoisotopic (exact) mass is 294 g/mol. The number of nitrogens with one attached hydrogen (secondary N) is 1. The highest BCUT2D eigenvalue weighted by molar-refractivity contribution is 9.10. The molecule has 1 aromatic carbocycles. The molecule has 0 fully saturated rings. The first-order valence-electron chi connectivity index (χ1n) is 5.02. The third-order valence-electron chi connectivity index (χ3n) is 2.27. The number of hydrogen-bond donors (Lipinski definition) is 2. The molecule has 1 heterocycles. The average Bonchev–Trinajstić information content (AvgIpc) is 2.72. The molecular formula is C12H11BrN2O2. The number of carbonyl (C=O) groups excluding carboxylic acids is 1. The molecule has 0 saturated carbocycles. The van der Waals surface area contributed by atoms with Crippen LogP contribution in [-0.4, -0.2) is 5.91 Å². The Balaban J connectivity index is 1.99. The van der Waals surface area contributed by atoms with Crippen LogP contribution in [0.25, 0.3) is 0 Å². The molecule has 0 saturated heterocycles. The van der Waals surface area contributed by atoms with Crippen molar-refractivity contribution in [3.8, 4) is 0 Å². The van der Waals surface area contributed by atoms with Crippen molar-refractivity contribution < 1.29 is 9.21 Å². The van der Waals surface area contributed by atoms with Gasteiger partial charge in [0.05, 0.1) is 11.8 Å². The van der Waals surface area contributed by atoms with Crippen molar-refractivity contribution in [1.82, 2.24) is 5.32 Å². The zero-order chi connectivity index (χ0) is 12.3. The van der Waals surface area contributed by atoms with Gasteiger partial charge in [-0.25, -0.2) is 0 Å². The molecule has 0 spiro atoms. The molecule has 0 aliphatic carbocycles. The van der Waals surface area contributed by atoms with E-state index in [4.69, 9.17) is 10.2 Å². The Morgan fingerprint density at radius 2 is 2.24 bits per heavy atom. The second kappa shape index (κ2) is 5.05. The fourth-order valence-electron chi connectivity index (χ4n) is 1.44. The van der Waals surface area contributed by atoms with Crippen molar-refractivity contribution in [2.45, 2.75) is 6.54 Å². The first-order chi connectivity index (χ1) is 8.16. The summed E-state index contributed by atoms with van der Waals surface area (Å²) in [6, 6.07) is 8.99. The van der Waals surface area contributed by atoms with Crippen LogP contribution in [0, 0.1) is 0 Å². The van der Waals surface area contributed by atoms with Gasteiger partial charge >= 0.3 is 0 Å². The number of nitrogens with two attached hydrogens (primary N) is 1. The Morgan fingerprint density at radius 1 is 1.41 bits per heavy atom. The standard InChI is InChI=1S/C12H11BrN2O2/c13-11-10(4-5-17-11)12(16)15-7-8-2-1-3-9(14)6-8/h1-6H,7,14H2,(H,15,16). The number of furan rings is 1. The van der Waals surface area contributed by atoms with E-state index in [9.17, 15) is 4.79 Å². The molecule has 0 unspecified atom stereocenters. The minimum Gasteiger partial charge on any atom is -0.457 e. The van der Waals surface area contributed by atoms with Gasteiger partial charge in [-0.1, -0.05) is 12.1 Å². The molecule has 4 nitrogen and oxygen atoms in total. The number of hydrogen-bond acceptors (Lipinski definition) is 3. The highest BCUT2D eigenvalue weighted by Crippen LogP contribution is 2.17. The Hall–Kier alpha value is -1.75. The lowest BCUT2D eigenvalue weighted by molar-refractivity contribution is 0.0949. The Morgan fingerprint density at radius 3 is 2.88 bits per heavy atom. The van der Waals surface area contributed by atoms with E-state index in [0.29, 0.717) is 22.5 Å². The van der Waals surface area contributed by atoms with Gasteiger partial charge in [-0.2, -0.15) is 0 Å². The minimum absolute atomic E-state index is 0.187. The zero-order valence-corrected chi connectivity index (χ0v) is 10.5. The molecule has 88 valence electrons. The van der Waals surface area contributed by atoms with Crippen LogP contribution in [0.3, 0.4) is 0 Å². The summed E-state index contributed by atoms with van der Waals surface area (Å²) >= 11 is 3.16. The maximum absolute atomic E-state index is 11.8. The molecule has 0 atom stereocenters. The summed E-state index contributed by atoms with van der Waals surface area (Å²) in [5, 5.41) is 2.78. The summed E-state index contributed by atoms with van der Waals surface area (Å²) in [6.45, 7) is 0.432. The number of halogens is 1. The molecule has 0 aliphatic rings. The summed E-state index contributed by atoms with van der Waals surface area (Å²) in [5.41, 5.74) is 7.77. The molecule has 0 radical (unpaired) electrons. The molecule has 0 aliphatic heterocycles. The molecule has 5 heteroatoms. The van der Waals surface area contributed by atoms with Gasteiger partial charge in [0.15, 0.2) is 4.67 Å². The molecule has 2 rings (SSSR count). The van der Waals surface area contributed by atoms with Crippen LogP contribution in [-0.2, 0) is 6.54 Å². The minimum atomic E-state index is -0.187. The molecule has 3 N–H and O–H groups in total. The van der Waals surface area contributed by atoms with Crippen LogP contribution in [0.5, 0.6) is 0 Å². The van der Waals surface area contributed by atoms with Crippen LogP contribution < -0.4 is 11.1 Å². The zero-order valence-electron chi connectivity index (χ0n) is 8.94. The third-order valence-corrected chi connectivity index (χ3v) is 2.88. The van der Waals surface area contributed by atoms with Crippen molar-refractivity contribution in [1.29, 1.82) is 0 Å². The number of benzene rings is 1. The van der Waals surface area contributed by atoms with Crippen molar-refractivity contribution in [3.05, 3.63) is 52.4 Å². The number of nitrogen functional groups attached to an aromatic ring is 1. The first kappa shape index (κ1) is 11.7.